The summed E-state index contributed by atoms with van der Waals surface area (Å²) in [6, 6.07) is 10.8. The first-order valence-electron chi connectivity index (χ1n) is 6.48. The quantitative estimate of drug-likeness (QED) is 0.808. The Labute approximate surface area is 107 Å². The molecular formula is C15H18N2O. The number of benzene rings is 1. The summed E-state index contributed by atoms with van der Waals surface area (Å²) in [4.78, 5) is 6.97. The third-order valence-corrected chi connectivity index (χ3v) is 3.40. The molecule has 2 heterocycles. The smallest absolute Gasteiger partial charge is 0.0705 e. The van der Waals surface area contributed by atoms with Crippen molar-refractivity contribution in [2.24, 2.45) is 0 Å². The van der Waals surface area contributed by atoms with Gasteiger partial charge in [-0.25, -0.2) is 0 Å². The van der Waals surface area contributed by atoms with Crippen LogP contribution in [-0.2, 0) is 11.3 Å². The molecule has 3 heteroatoms. The maximum atomic E-state index is 5.37. The van der Waals surface area contributed by atoms with Crippen LogP contribution in [0.2, 0.25) is 0 Å². The molecule has 3 nitrogen and oxygen atoms in total. The molecule has 2 aromatic rings. The molecule has 1 aromatic carbocycles. The van der Waals surface area contributed by atoms with Crippen LogP contribution in [0, 0.1) is 6.92 Å². The summed E-state index contributed by atoms with van der Waals surface area (Å²) in [5.74, 6) is 0. The van der Waals surface area contributed by atoms with Crippen molar-refractivity contribution < 1.29 is 4.74 Å². The van der Waals surface area contributed by atoms with E-state index in [4.69, 9.17) is 4.74 Å². The lowest BCUT2D eigenvalue weighted by Crippen LogP contribution is -2.35. The summed E-state index contributed by atoms with van der Waals surface area (Å²) in [6.45, 7) is 6.81. The maximum Gasteiger partial charge on any atom is 0.0705 e. The Hall–Kier alpha value is -1.45. The van der Waals surface area contributed by atoms with Crippen LogP contribution in [0.25, 0.3) is 10.9 Å². The maximum absolute atomic E-state index is 5.37. The van der Waals surface area contributed by atoms with Gasteiger partial charge in [0.15, 0.2) is 0 Å². The van der Waals surface area contributed by atoms with Gasteiger partial charge in [0, 0.05) is 30.7 Å². The van der Waals surface area contributed by atoms with Crippen LogP contribution in [0.3, 0.4) is 0 Å². The molecule has 3 rings (SSSR count). The van der Waals surface area contributed by atoms with Gasteiger partial charge in [-0.3, -0.25) is 9.88 Å². The number of aromatic nitrogens is 1. The highest BCUT2D eigenvalue weighted by Gasteiger charge is 2.10. The molecule has 1 fully saturated rings. The van der Waals surface area contributed by atoms with Crippen LogP contribution in [0.4, 0.5) is 0 Å². The van der Waals surface area contributed by atoms with Crippen LogP contribution >= 0.6 is 0 Å². The molecule has 1 saturated heterocycles. The van der Waals surface area contributed by atoms with Gasteiger partial charge in [-0.05, 0) is 30.7 Å². The van der Waals surface area contributed by atoms with Crippen molar-refractivity contribution in [2.75, 3.05) is 26.3 Å². The standard InChI is InChI=1S/C15H18N2O/c1-12-2-4-14-10-13(3-5-15(14)16-12)11-17-6-8-18-9-7-17/h2-5,10H,6-9,11H2,1H3. The summed E-state index contributed by atoms with van der Waals surface area (Å²) in [5.41, 5.74) is 3.51. The van der Waals surface area contributed by atoms with Crippen LogP contribution < -0.4 is 0 Å². The summed E-state index contributed by atoms with van der Waals surface area (Å²) in [5, 5.41) is 1.23. The Balaban J connectivity index is 1.82. The van der Waals surface area contributed by atoms with E-state index in [0.29, 0.717) is 0 Å². The molecule has 18 heavy (non-hydrogen) atoms. The number of hydrogen-bond donors (Lipinski definition) is 0. The van der Waals surface area contributed by atoms with Crippen molar-refractivity contribution in [3.05, 3.63) is 41.6 Å². The van der Waals surface area contributed by atoms with Gasteiger partial charge < -0.3 is 4.74 Å². The summed E-state index contributed by atoms with van der Waals surface area (Å²) in [6.07, 6.45) is 0. The zero-order valence-electron chi connectivity index (χ0n) is 10.7. The lowest BCUT2D eigenvalue weighted by Gasteiger charge is -2.26. The predicted octanol–water partition coefficient (Wildman–Crippen LogP) is 2.38. The van der Waals surface area contributed by atoms with Crippen molar-refractivity contribution in [1.82, 2.24) is 9.88 Å². The van der Waals surface area contributed by atoms with Crippen molar-refractivity contribution in [1.29, 1.82) is 0 Å². The van der Waals surface area contributed by atoms with Crippen LogP contribution in [-0.4, -0.2) is 36.2 Å². The fourth-order valence-electron chi connectivity index (χ4n) is 2.39. The van der Waals surface area contributed by atoms with Crippen molar-refractivity contribution >= 4 is 10.9 Å². The number of pyridine rings is 1. The molecule has 0 unspecified atom stereocenters. The van der Waals surface area contributed by atoms with Gasteiger partial charge in [0.1, 0.15) is 0 Å². The van der Waals surface area contributed by atoms with E-state index in [2.05, 4.69) is 40.2 Å². The first-order valence-corrected chi connectivity index (χ1v) is 6.48. The molecule has 0 saturated carbocycles. The minimum Gasteiger partial charge on any atom is -0.379 e. The Kier molecular flexibility index (Phi) is 3.26. The summed E-state index contributed by atoms with van der Waals surface area (Å²) in [7, 11) is 0. The lowest BCUT2D eigenvalue weighted by atomic mass is 10.1. The number of hydrogen-bond acceptors (Lipinski definition) is 3. The Morgan fingerprint density at radius 1 is 1.17 bits per heavy atom. The fraction of sp³-hybridized carbons (Fsp3) is 0.400. The predicted molar refractivity (Wildman–Crippen MR) is 72.6 cm³/mol. The lowest BCUT2D eigenvalue weighted by molar-refractivity contribution is 0.0342. The topological polar surface area (TPSA) is 25.4 Å². The van der Waals surface area contributed by atoms with Gasteiger partial charge in [0.05, 0.1) is 18.7 Å². The van der Waals surface area contributed by atoms with E-state index < -0.39 is 0 Å². The van der Waals surface area contributed by atoms with E-state index in [-0.39, 0.29) is 0 Å². The minimum absolute atomic E-state index is 0.855. The molecule has 0 bridgehead atoms. The number of rotatable bonds is 2. The van der Waals surface area contributed by atoms with Gasteiger partial charge >= 0.3 is 0 Å². The Bertz CT molecular complexity index is 547. The molecule has 1 aliphatic heterocycles. The van der Waals surface area contributed by atoms with Crippen LogP contribution in [0.1, 0.15) is 11.3 Å². The van der Waals surface area contributed by atoms with Crippen LogP contribution in [0.15, 0.2) is 30.3 Å². The van der Waals surface area contributed by atoms with Gasteiger partial charge in [0.25, 0.3) is 0 Å². The number of nitrogens with zero attached hydrogens (tertiary/aromatic N) is 2. The van der Waals surface area contributed by atoms with Crippen LogP contribution in [0.5, 0.6) is 0 Å². The summed E-state index contributed by atoms with van der Waals surface area (Å²) >= 11 is 0. The molecule has 0 N–H and O–H groups in total. The number of ether oxygens (including phenoxy) is 1. The highest BCUT2D eigenvalue weighted by Crippen LogP contribution is 2.16. The van der Waals surface area contributed by atoms with Crippen molar-refractivity contribution in [2.45, 2.75) is 13.5 Å². The Morgan fingerprint density at radius 2 is 2.00 bits per heavy atom. The molecule has 0 spiro atoms. The summed E-state index contributed by atoms with van der Waals surface area (Å²) < 4.78 is 5.37. The largest absolute Gasteiger partial charge is 0.379 e. The van der Waals surface area contributed by atoms with Gasteiger partial charge in [-0.15, -0.1) is 0 Å². The van der Waals surface area contributed by atoms with Gasteiger partial charge in [-0.1, -0.05) is 12.1 Å². The average Bonchev–Trinajstić information content (AvgIpc) is 2.40. The molecule has 0 atom stereocenters. The normalized spacial score (nSPS) is 17.2. The van der Waals surface area contributed by atoms with Gasteiger partial charge in [0.2, 0.25) is 0 Å². The van der Waals surface area contributed by atoms with Crippen molar-refractivity contribution in [3.8, 4) is 0 Å². The van der Waals surface area contributed by atoms with E-state index in [0.717, 1.165) is 44.1 Å². The SMILES string of the molecule is Cc1ccc2cc(CN3CCOCC3)ccc2n1. The fourth-order valence-corrected chi connectivity index (χ4v) is 2.39. The van der Waals surface area contributed by atoms with E-state index in [1.165, 1.54) is 10.9 Å². The first-order chi connectivity index (χ1) is 8.81. The third kappa shape index (κ3) is 2.52. The second kappa shape index (κ2) is 5.04. The second-order valence-corrected chi connectivity index (χ2v) is 4.87. The average molecular weight is 242 g/mol. The molecule has 0 amide bonds. The van der Waals surface area contributed by atoms with E-state index in [1.54, 1.807) is 0 Å². The minimum atomic E-state index is 0.855. The molecular weight excluding hydrogens is 224 g/mol. The highest BCUT2D eigenvalue weighted by molar-refractivity contribution is 5.79. The highest BCUT2D eigenvalue weighted by atomic mass is 16.5. The first kappa shape index (κ1) is 11.6. The molecule has 94 valence electrons. The molecule has 1 aromatic heterocycles. The van der Waals surface area contributed by atoms with E-state index in [1.807, 2.05) is 6.92 Å². The number of morpholine rings is 1. The van der Waals surface area contributed by atoms with Crippen molar-refractivity contribution in [3.63, 3.8) is 0 Å². The molecule has 0 aliphatic carbocycles. The Morgan fingerprint density at radius 3 is 2.83 bits per heavy atom. The number of fused-ring (bicyclic) bond motifs is 1. The third-order valence-electron chi connectivity index (χ3n) is 3.40. The molecule has 1 aliphatic rings. The zero-order valence-corrected chi connectivity index (χ0v) is 10.7. The second-order valence-electron chi connectivity index (χ2n) is 4.87. The molecule has 0 radical (unpaired) electrons. The number of aryl methyl sites for hydroxylation is 1. The van der Waals surface area contributed by atoms with E-state index >= 15 is 0 Å². The zero-order chi connectivity index (χ0) is 12.4. The monoisotopic (exact) mass is 242 g/mol. The van der Waals surface area contributed by atoms with Gasteiger partial charge in [-0.2, -0.15) is 0 Å². The van der Waals surface area contributed by atoms with E-state index in [9.17, 15) is 0 Å².